The summed E-state index contributed by atoms with van der Waals surface area (Å²) < 4.78 is 13.6. The van der Waals surface area contributed by atoms with Gasteiger partial charge in [0.25, 0.3) is 0 Å². The second-order valence-electron chi connectivity index (χ2n) is 6.07. The number of rotatable bonds is 6. The molecule has 3 amide bonds. The largest absolute Gasteiger partial charge is 0.368 e. The molecular weight excluding hydrogens is 332 g/mol. The van der Waals surface area contributed by atoms with Gasteiger partial charge < -0.3 is 15.5 Å². The third-order valence-corrected chi connectivity index (χ3v) is 6.02. The first-order chi connectivity index (χ1) is 11.4. The van der Waals surface area contributed by atoms with Gasteiger partial charge in [0.2, 0.25) is 17.7 Å². The molecule has 0 aromatic rings. The summed E-state index contributed by atoms with van der Waals surface area (Å²) in [5, 5.41) is 0. The molecule has 2 saturated heterocycles. The third kappa shape index (κ3) is 4.54. The van der Waals surface area contributed by atoms with Crippen molar-refractivity contribution in [3.8, 4) is 0 Å². The van der Waals surface area contributed by atoms with Crippen LogP contribution in [0.2, 0.25) is 0 Å². The number of amides is 3. The molecular formula is C15H26N4O4S. The van der Waals surface area contributed by atoms with Gasteiger partial charge in [-0.2, -0.15) is 0 Å². The van der Waals surface area contributed by atoms with Crippen LogP contribution < -0.4 is 5.73 Å². The Morgan fingerprint density at radius 1 is 1.04 bits per heavy atom. The van der Waals surface area contributed by atoms with E-state index in [1.807, 2.05) is 11.2 Å². The molecule has 24 heavy (non-hydrogen) atoms. The molecule has 0 aliphatic carbocycles. The number of hydrogen-bond donors (Lipinski definition) is 1. The van der Waals surface area contributed by atoms with E-state index >= 15 is 0 Å². The Morgan fingerprint density at radius 3 is 2.25 bits per heavy atom. The molecule has 2 fully saturated rings. The van der Waals surface area contributed by atoms with E-state index in [0.29, 0.717) is 44.9 Å². The van der Waals surface area contributed by atoms with E-state index in [1.165, 1.54) is 4.90 Å². The first-order valence-electron chi connectivity index (χ1n) is 8.44. The molecule has 8 nitrogen and oxygen atoms in total. The molecule has 2 aliphatic heterocycles. The summed E-state index contributed by atoms with van der Waals surface area (Å²) in [5.74, 6) is -0.151. The molecule has 2 heterocycles. The number of hydrogen-bond acceptors (Lipinski definition) is 4. The summed E-state index contributed by atoms with van der Waals surface area (Å²) >= 11 is 0. The first-order valence-corrected chi connectivity index (χ1v) is 9.71. The topological polar surface area (TPSA) is 104 Å². The van der Waals surface area contributed by atoms with Crippen LogP contribution in [0, 0.1) is 0 Å². The lowest BCUT2D eigenvalue weighted by atomic mass is 10.2. The van der Waals surface area contributed by atoms with Crippen LogP contribution in [0.25, 0.3) is 0 Å². The summed E-state index contributed by atoms with van der Waals surface area (Å²) in [6.45, 7) is 4.66. The minimum Gasteiger partial charge on any atom is -0.368 e. The molecule has 0 aromatic carbocycles. The maximum absolute atomic E-state index is 12.2. The molecule has 0 saturated carbocycles. The van der Waals surface area contributed by atoms with E-state index in [-0.39, 0.29) is 24.7 Å². The van der Waals surface area contributed by atoms with Crippen LogP contribution in [-0.2, 0) is 25.4 Å². The second kappa shape index (κ2) is 8.57. The van der Waals surface area contributed by atoms with Gasteiger partial charge in [-0.1, -0.05) is 6.92 Å². The monoisotopic (exact) mass is 358 g/mol. The van der Waals surface area contributed by atoms with Gasteiger partial charge in [0.05, 0.1) is 11.0 Å². The quantitative estimate of drug-likeness (QED) is 0.662. The standard InChI is InChI=1S/C15H26N4O4S/c1-2-24(23)18-10-8-17(9-11-18)13(20)5-6-14(21)19-7-3-4-12(19)15(16)22/h12H,2-11H2,1H3,(H2,16,22)/t12-,24?/m0/s1. The van der Waals surface area contributed by atoms with E-state index in [9.17, 15) is 18.6 Å². The van der Waals surface area contributed by atoms with Crippen LogP contribution in [-0.4, -0.2) is 80.6 Å². The molecule has 0 radical (unpaired) electrons. The second-order valence-corrected chi connectivity index (χ2v) is 7.80. The summed E-state index contributed by atoms with van der Waals surface area (Å²) in [7, 11) is -0.972. The fourth-order valence-electron chi connectivity index (χ4n) is 3.20. The number of piperazine rings is 1. The van der Waals surface area contributed by atoms with Crippen molar-refractivity contribution in [1.82, 2.24) is 14.1 Å². The van der Waals surface area contributed by atoms with Crippen LogP contribution in [0.3, 0.4) is 0 Å². The lowest BCUT2D eigenvalue weighted by Crippen LogP contribution is -2.49. The summed E-state index contributed by atoms with van der Waals surface area (Å²) in [4.78, 5) is 39.0. The summed E-state index contributed by atoms with van der Waals surface area (Å²) in [5.41, 5.74) is 5.31. The Kier molecular flexibility index (Phi) is 6.73. The number of likely N-dealkylation sites (tertiary alicyclic amines) is 1. The van der Waals surface area contributed by atoms with Gasteiger partial charge in [-0.3, -0.25) is 14.4 Å². The van der Waals surface area contributed by atoms with Crippen LogP contribution >= 0.6 is 0 Å². The van der Waals surface area contributed by atoms with Gasteiger partial charge in [0.15, 0.2) is 0 Å². The van der Waals surface area contributed by atoms with E-state index in [2.05, 4.69) is 0 Å². The van der Waals surface area contributed by atoms with Gasteiger partial charge in [0.1, 0.15) is 6.04 Å². The molecule has 2 N–H and O–H groups in total. The Hall–Kier alpha value is -1.48. The van der Waals surface area contributed by atoms with Gasteiger partial charge in [0, 0.05) is 51.3 Å². The SMILES string of the molecule is CCS(=O)N1CCN(C(=O)CCC(=O)N2CCC[C@H]2C(N)=O)CC1. The molecule has 0 aromatic heterocycles. The zero-order valence-electron chi connectivity index (χ0n) is 14.1. The van der Waals surface area contributed by atoms with Crippen molar-refractivity contribution in [3.05, 3.63) is 0 Å². The van der Waals surface area contributed by atoms with Crippen molar-refractivity contribution < 1.29 is 18.6 Å². The number of nitrogens with zero attached hydrogens (tertiary/aromatic N) is 3. The Morgan fingerprint density at radius 2 is 1.67 bits per heavy atom. The lowest BCUT2D eigenvalue weighted by molar-refractivity contribution is -0.140. The van der Waals surface area contributed by atoms with Crippen LogP contribution in [0.15, 0.2) is 0 Å². The zero-order chi connectivity index (χ0) is 17.7. The Balaban J connectivity index is 1.76. The van der Waals surface area contributed by atoms with Gasteiger partial charge in [-0.05, 0) is 12.8 Å². The predicted molar refractivity (Wildman–Crippen MR) is 90.0 cm³/mol. The maximum atomic E-state index is 12.2. The van der Waals surface area contributed by atoms with E-state index in [0.717, 1.165) is 6.42 Å². The normalized spacial score (nSPS) is 23.3. The maximum Gasteiger partial charge on any atom is 0.240 e. The third-order valence-electron chi connectivity index (χ3n) is 4.58. The van der Waals surface area contributed by atoms with E-state index in [1.54, 1.807) is 4.90 Å². The van der Waals surface area contributed by atoms with Crippen molar-refractivity contribution in [3.63, 3.8) is 0 Å². The Labute approximate surface area is 144 Å². The van der Waals surface area contributed by atoms with Gasteiger partial charge in [-0.15, -0.1) is 0 Å². The minimum atomic E-state index is -0.972. The highest BCUT2D eigenvalue weighted by Gasteiger charge is 2.33. The predicted octanol–water partition coefficient (Wildman–Crippen LogP) is -0.929. The van der Waals surface area contributed by atoms with E-state index in [4.69, 9.17) is 5.73 Å². The molecule has 0 spiro atoms. The minimum absolute atomic E-state index is 0.0693. The van der Waals surface area contributed by atoms with Gasteiger partial charge in [-0.25, -0.2) is 8.51 Å². The van der Waals surface area contributed by atoms with Gasteiger partial charge >= 0.3 is 0 Å². The number of carbonyl (C=O) groups excluding carboxylic acids is 3. The molecule has 2 aliphatic rings. The van der Waals surface area contributed by atoms with Crippen LogP contribution in [0.4, 0.5) is 0 Å². The molecule has 136 valence electrons. The molecule has 2 atom stereocenters. The van der Waals surface area contributed by atoms with Crippen molar-refractivity contribution in [1.29, 1.82) is 0 Å². The van der Waals surface area contributed by atoms with Crippen LogP contribution in [0.5, 0.6) is 0 Å². The zero-order valence-corrected chi connectivity index (χ0v) is 14.9. The summed E-state index contributed by atoms with van der Waals surface area (Å²) in [6, 6.07) is -0.528. The fraction of sp³-hybridized carbons (Fsp3) is 0.800. The fourth-order valence-corrected chi connectivity index (χ4v) is 4.14. The number of primary amides is 1. The summed E-state index contributed by atoms with van der Waals surface area (Å²) in [6.07, 6.45) is 1.61. The van der Waals surface area contributed by atoms with Crippen molar-refractivity contribution in [2.75, 3.05) is 38.5 Å². The average molecular weight is 358 g/mol. The molecule has 9 heteroatoms. The highest BCUT2D eigenvalue weighted by Crippen LogP contribution is 2.18. The van der Waals surface area contributed by atoms with Crippen molar-refractivity contribution in [2.24, 2.45) is 5.73 Å². The van der Waals surface area contributed by atoms with E-state index < -0.39 is 22.9 Å². The number of nitrogens with two attached hydrogens (primary N) is 1. The van der Waals surface area contributed by atoms with Crippen LogP contribution in [0.1, 0.15) is 32.6 Å². The van der Waals surface area contributed by atoms with Crippen molar-refractivity contribution >= 4 is 28.7 Å². The lowest BCUT2D eigenvalue weighted by Gasteiger charge is -2.33. The number of carbonyl (C=O) groups is 3. The molecule has 1 unspecified atom stereocenters. The Bertz CT molecular complexity index is 520. The molecule has 0 bridgehead atoms. The first kappa shape index (κ1) is 18.9. The average Bonchev–Trinajstić information content (AvgIpc) is 3.09. The highest BCUT2D eigenvalue weighted by atomic mass is 32.2. The smallest absolute Gasteiger partial charge is 0.240 e. The highest BCUT2D eigenvalue weighted by molar-refractivity contribution is 7.82. The van der Waals surface area contributed by atoms with Crippen molar-refractivity contribution in [2.45, 2.75) is 38.6 Å². The molecule has 2 rings (SSSR count).